The summed E-state index contributed by atoms with van der Waals surface area (Å²) >= 11 is 5.29. The van der Waals surface area contributed by atoms with Crippen LogP contribution < -0.4 is 14.4 Å². The van der Waals surface area contributed by atoms with E-state index in [-0.39, 0.29) is 0 Å². The van der Waals surface area contributed by atoms with Crippen molar-refractivity contribution in [3.63, 3.8) is 0 Å². The lowest BCUT2D eigenvalue weighted by atomic mass is 10.2. The Morgan fingerprint density at radius 3 is 2.43 bits per heavy atom. The Labute approximate surface area is 139 Å². The lowest BCUT2D eigenvalue weighted by Crippen LogP contribution is -3.13. The van der Waals surface area contributed by atoms with Gasteiger partial charge in [0.2, 0.25) is 5.89 Å². The van der Waals surface area contributed by atoms with Crippen molar-refractivity contribution in [3.8, 4) is 23.0 Å². The number of aromatic nitrogens is 2. The van der Waals surface area contributed by atoms with Crippen LogP contribution in [0.1, 0.15) is 0 Å². The lowest BCUT2D eigenvalue weighted by molar-refractivity contribution is -0.931. The molecule has 2 heterocycles. The van der Waals surface area contributed by atoms with E-state index in [2.05, 4.69) is 5.10 Å². The molecule has 0 unspecified atom stereocenters. The Kier molecular flexibility index (Phi) is 4.94. The fourth-order valence-electron chi connectivity index (χ4n) is 2.48. The van der Waals surface area contributed by atoms with Crippen molar-refractivity contribution < 1.29 is 23.5 Å². The maximum absolute atomic E-state index is 5.65. The SMILES string of the molecule is COc1cc(OC)cc(-c2nn(C[NH+]3CCOCC3)c(=S)o2)c1. The molecule has 1 aromatic heterocycles. The molecule has 0 bridgehead atoms. The van der Waals surface area contributed by atoms with Crippen LogP contribution in [0.3, 0.4) is 0 Å². The minimum absolute atomic E-state index is 0.362. The summed E-state index contributed by atoms with van der Waals surface area (Å²) in [6, 6.07) is 5.48. The highest BCUT2D eigenvalue weighted by Gasteiger charge is 2.17. The third-order valence-corrected chi connectivity index (χ3v) is 4.07. The van der Waals surface area contributed by atoms with Crippen LogP contribution >= 0.6 is 12.2 Å². The zero-order valence-electron chi connectivity index (χ0n) is 13.2. The molecule has 0 spiro atoms. The molecular weight excluding hydrogens is 318 g/mol. The number of nitrogens with one attached hydrogen (secondary N) is 1. The first-order valence-corrected chi connectivity index (χ1v) is 7.83. The standard InChI is InChI=1S/C15H19N3O4S/c1-19-12-7-11(8-13(9-12)20-2)14-16-18(15(23)22-14)10-17-3-5-21-6-4-17/h7-9H,3-6,10H2,1-2H3/p+1. The smallest absolute Gasteiger partial charge is 0.292 e. The first kappa shape index (κ1) is 16.0. The summed E-state index contributed by atoms with van der Waals surface area (Å²) in [5.74, 6) is 1.81. The molecule has 1 fully saturated rings. The van der Waals surface area contributed by atoms with Gasteiger partial charge in [-0.1, -0.05) is 0 Å². The van der Waals surface area contributed by atoms with E-state index in [4.69, 9.17) is 30.8 Å². The topological polar surface area (TPSA) is 63.1 Å². The molecule has 8 heteroatoms. The summed E-state index contributed by atoms with van der Waals surface area (Å²) in [7, 11) is 3.21. The molecule has 23 heavy (non-hydrogen) atoms. The number of hydrogen-bond acceptors (Lipinski definition) is 6. The number of nitrogens with zero attached hydrogens (tertiary/aromatic N) is 2. The van der Waals surface area contributed by atoms with Gasteiger partial charge in [-0.25, -0.2) is 0 Å². The number of rotatable bonds is 5. The van der Waals surface area contributed by atoms with Gasteiger partial charge in [-0.3, -0.25) is 0 Å². The van der Waals surface area contributed by atoms with Crippen molar-refractivity contribution >= 4 is 12.2 Å². The first-order chi connectivity index (χ1) is 11.2. The molecule has 1 aromatic carbocycles. The molecule has 2 aromatic rings. The van der Waals surface area contributed by atoms with Gasteiger partial charge in [0.05, 0.1) is 27.4 Å². The van der Waals surface area contributed by atoms with E-state index in [0.29, 0.717) is 28.9 Å². The van der Waals surface area contributed by atoms with Crippen LogP contribution in [0.4, 0.5) is 0 Å². The number of benzene rings is 1. The van der Waals surface area contributed by atoms with Crippen molar-refractivity contribution in [1.82, 2.24) is 9.78 Å². The number of hydrogen-bond donors (Lipinski definition) is 1. The Hall–Kier alpha value is -1.90. The van der Waals surface area contributed by atoms with Crippen LogP contribution in [0, 0.1) is 4.84 Å². The van der Waals surface area contributed by atoms with Crippen molar-refractivity contribution in [2.24, 2.45) is 0 Å². The number of morpholine rings is 1. The molecule has 1 aliphatic heterocycles. The summed E-state index contributed by atoms with van der Waals surface area (Å²) in [5, 5.41) is 4.50. The van der Waals surface area contributed by atoms with E-state index < -0.39 is 0 Å². The molecule has 3 rings (SSSR count). The Balaban J connectivity index is 1.86. The monoisotopic (exact) mass is 338 g/mol. The molecule has 0 radical (unpaired) electrons. The molecular formula is C15H20N3O4S+. The van der Waals surface area contributed by atoms with E-state index in [1.807, 2.05) is 12.1 Å². The highest BCUT2D eigenvalue weighted by Crippen LogP contribution is 2.28. The Morgan fingerprint density at radius 2 is 1.83 bits per heavy atom. The Morgan fingerprint density at radius 1 is 1.17 bits per heavy atom. The highest BCUT2D eigenvalue weighted by atomic mass is 32.1. The van der Waals surface area contributed by atoms with E-state index >= 15 is 0 Å². The van der Waals surface area contributed by atoms with Crippen LogP contribution in [0.2, 0.25) is 0 Å². The van der Waals surface area contributed by atoms with Crippen molar-refractivity contribution in [3.05, 3.63) is 23.0 Å². The summed E-state index contributed by atoms with van der Waals surface area (Å²) in [6.07, 6.45) is 0. The predicted octanol–water partition coefficient (Wildman–Crippen LogP) is 0.762. The summed E-state index contributed by atoms with van der Waals surface area (Å²) in [5.41, 5.74) is 0.767. The van der Waals surface area contributed by atoms with Gasteiger partial charge in [0.15, 0.2) is 6.67 Å². The van der Waals surface area contributed by atoms with Crippen molar-refractivity contribution in [2.45, 2.75) is 6.67 Å². The Bertz CT molecular complexity index is 700. The van der Waals surface area contributed by atoms with Gasteiger partial charge >= 0.3 is 0 Å². The maximum atomic E-state index is 5.65. The second kappa shape index (κ2) is 7.12. The van der Waals surface area contributed by atoms with E-state index in [1.54, 1.807) is 25.0 Å². The maximum Gasteiger partial charge on any atom is 0.292 e. The van der Waals surface area contributed by atoms with Crippen molar-refractivity contribution in [1.29, 1.82) is 0 Å². The summed E-state index contributed by atoms with van der Waals surface area (Å²) in [6.45, 7) is 4.08. The molecule has 1 aliphatic rings. The van der Waals surface area contributed by atoms with Gasteiger partial charge < -0.3 is 23.5 Å². The molecule has 1 saturated heterocycles. The fourth-order valence-corrected chi connectivity index (χ4v) is 2.67. The normalized spacial score (nSPS) is 15.6. The lowest BCUT2D eigenvalue weighted by Gasteiger charge is -2.22. The minimum Gasteiger partial charge on any atom is -0.497 e. The van der Waals surface area contributed by atoms with Gasteiger partial charge in [-0.2, -0.15) is 4.68 Å². The second-order valence-corrected chi connectivity index (χ2v) is 5.64. The molecule has 124 valence electrons. The number of quaternary nitrogens is 1. The highest BCUT2D eigenvalue weighted by molar-refractivity contribution is 7.71. The molecule has 0 atom stereocenters. The van der Waals surface area contributed by atoms with Gasteiger partial charge in [0, 0.05) is 11.6 Å². The molecule has 0 amide bonds. The van der Waals surface area contributed by atoms with Crippen LogP contribution in [0.5, 0.6) is 11.5 Å². The van der Waals surface area contributed by atoms with Crippen molar-refractivity contribution in [2.75, 3.05) is 40.5 Å². The largest absolute Gasteiger partial charge is 0.497 e. The van der Waals surface area contributed by atoms with Crippen LogP contribution in [0.15, 0.2) is 22.6 Å². The van der Waals surface area contributed by atoms with Gasteiger partial charge in [-0.05, 0) is 24.4 Å². The van der Waals surface area contributed by atoms with Gasteiger partial charge in [-0.15, -0.1) is 5.10 Å². The molecule has 0 aliphatic carbocycles. The summed E-state index contributed by atoms with van der Waals surface area (Å²) in [4.78, 5) is 1.73. The van der Waals surface area contributed by atoms with E-state index in [1.165, 1.54) is 4.90 Å². The van der Waals surface area contributed by atoms with Crippen LogP contribution in [-0.4, -0.2) is 50.3 Å². The quantitative estimate of drug-likeness (QED) is 0.813. The first-order valence-electron chi connectivity index (χ1n) is 7.42. The molecule has 0 saturated carbocycles. The second-order valence-electron chi connectivity index (χ2n) is 5.29. The summed E-state index contributed by atoms with van der Waals surface area (Å²) < 4.78 is 23.3. The zero-order chi connectivity index (χ0) is 16.2. The molecule has 1 N–H and O–H groups in total. The van der Waals surface area contributed by atoms with E-state index in [9.17, 15) is 0 Å². The fraction of sp³-hybridized carbons (Fsp3) is 0.467. The average Bonchev–Trinajstić information content (AvgIpc) is 2.96. The number of methoxy groups -OCH3 is 2. The van der Waals surface area contributed by atoms with E-state index in [0.717, 1.165) is 31.9 Å². The third kappa shape index (κ3) is 3.72. The minimum atomic E-state index is 0.362. The molecule has 7 nitrogen and oxygen atoms in total. The van der Waals surface area contributed by atoms with Crippen LogP contribution in [-0.2, 0) is 11.4 Å². The predicted molar refractivity (Wildman–Crippen MR) is 85.4 cm³/mol. The zero-order valence-corrected chi connectivity index (χ0v) is 14.0. The van der Waals surface area contributed by atoms with Gasteiger partial charge in [0.1, 0.15) is 24.6 Å². The van der Waals surface area contributed by atoms with Gasteiger partial charge in [0.25, 0.3) is 4.84 Å². The number of ether oxygens (including phenoxy) is 3. The third-order valence-electron chi connectivity index (χ3n) is 3.78. The average molecular weight is 338 g/mol. The van der Waals surface area contributed by atoms with Crippen LogP contribution in [0.25, 0.3) is 11.5 Å².